The van der Waals surface area contributed by atoms with Crippen LogP contribution in [0, 0.1) is 5.82 Å². The molecule has 2 amide bonds. The Kier molecular flexibility index (Phi) is 8.82. The smallest absolute Gasteiger partial charge is 0.242 e. The molecule has 4 aromatic carbocycles. The molecular weight excluding hydrogens is 463 g/mol. The normalized spacial score (nSPS) is 11.6. The lowest BCUT2D eigenvalue weighted by molar-refractivity contribution is -0.141. The fourth-order valence-electron chi connectivity index (χ4n) is 4.62. The van der Waals surface area contributed by atoms with Crippen molar-refractivity contribution >= 4 is 11.8 Å². The summed E-state index contributed by atoms with van der Waals surface area (Å²) in [5, 5.41) is 2.71. The molecule has 0 bridgehead atoms. The van der Waals surface area contributed by atoms with E-state index in [0.717, 1.165) is 16.7 Å². The van der Waals surface area contributed by atoms with E-state index in [2.05, 4.69) is 5.32 Å². The Bertz CT molecular complexity index is 1260. The van der Waals surface area contributed by atoms with Crippen molar-refractivity contribution in [3.8, 4) is 0 Å². The number of rotatable bonds is 10. The van der Waals surface area contributed by atoms with Gasteiger partial charge in [-0.1, -0.05) is 109 Å². The number of hydrogen-bond acceptors (Lipinski definition) is 2. The van der Waals surface area contributed by atoms with Crippen LogP contribution in [0.25, 0.3) is 0 Å². The SMILES string of the molecule is CNC(=O)C(Cc1ccccc1)N(Cc1ccccc1F)C(=O)CC(c1ccccc1)c1ccccc1. The molecule has 188 valence electrons. The van der Waals surface area contributed by atoms with E-state index in [4.69, 9.17) is 0 Å². The van der Waals surface area contributed by atoms with Gasteiger partial charge in [-0.3, -0.25) is 9.59 Å². The fraction of sp³-hybridized carbons (Fsp3) is 0.188. The topological polar surface area (TPSA) is 49.4 Å². The zero-order chi connectivity index (χ0) is 26.0. The lowest BCUT2D eigenvalue weighted by atomic mass is 9.87. The zero-order valence-electron chi connectivity index (χ0n) is 20.9. The Morgan fingerprint density at radius 2 is 1.27 bits per heavy atom. The number of carbonyl (C=O) groups excluding carboxylic acids is 2. The van der Waals surface area contributed by atoms with E-state index in [-0.39, 0.29) is 30.7 Å². The second-order valence-corrected chi connectivity index (χ2v) is 9.01. The van der Waals surface area contributed by atoms with Crippen molar-refractivity contribution in [2.24, 2.45) is 0 Å². The van der Waals surface area contributed by atoms with Gasteiger partial charge in [0, 0.05) is 37.9 Å². The van der Waals surface area contributed by atoms with Crippen molar-refractivity contribution in [3.05, 3.63) is 143 Å². The third-order valence-electron chi connectivity index (χ3n) is 6.60. The third-order valence-corrected chi connectivity index (χ3v) is 6.60. The van der Waals surface area contributed by atoms with Crippen LogP contribution in [0.15, 0.2) is 115 Å². The summed E-state index contributed by atoms with van der Waals surface area (Å²) >= 11 is 0. The lowest BCUT2D eigenvalue weighted by Crippen LogP contribution is -2.50. The number of hydrogen-bond donors (Lipinski definition) is 1. The Balaban J connectivity index is 1.72. The molecule has 4 nitrogen and oxygen atoms in total. The van der Waals surface area contributed by atoms with Crippen LogP contribution < -0.4 is 5.32 Å². The number of halogens is 1. The van der Waals surface area contributed by atoms with E-state index in [0.29, 0.717) is 12.0 Å². The van der Waals surface area contributed by atoms with Crippen LogP contribution >= 0.6 is 0 Å². The molecule has 1 N–H and O–H groups in total. The van der Waals surface area contributed by atoms with Gasteiger partial charge in [0.2, 0.25) is 11.8 Å². The van der Waals surface area contributed by atoms with E-state index in [1.807, 2.05) is 91.0 Å². The molecule has 4 aromatic rings. The Hall–Kier alpha value is -4.25. The van der Waals surface area contributed by atoms with Gasteiger partial charge in [0.25, 0.3) is 0 Å². The first kappa shape index (κ1) is 25.8. The predicted molar refractivity (Wildman–Crippen MR) is 144 cm³/mol. The van der Waals surface area contributed by atoms with Crippen LogP contribution in [0.2, 0.25) is 0 Å². The van der Waals surface area contributed by atoms with Crippen molar-refractivity contribution in [3.63, 3.8) is 0 Å². The van der Waals surface area contributed by atoms with Crippen LogP contribution in [0.1, 0.15) is 34.6 Å². The highest BCUT2D eigenvalue weighted by Gasteiger charge is 2.32. The number of carbonyl (C=O) groups is 2. The number of nitrogens with zero attached hydrogens (tertiary/aromatic N) is 1. The van der Waals surface area contributed by atoms with Gasteiger partial charge < -0.3 is 10.2 Å². The number of amides is 2. The number of nitrogens with one attached hydrogen (secondary N) is 1. The van der Waals surface area contributed by atoms with Crippen molar-refractivity contribution in [2.45, 2.75) is 31.3 Å². The maximum atomic E-state index is 14.7. The average Bonchev–Trinajstić information content (AvgIpc) is 2.95. The Morgan fingerprint density at radius 3 is 1.81 bits per heavy atom. The fourth-order valence-corrected chi connectivity index (χ4v) is 4.62. The summed E-state index contributed by atoms with van der Waals surface area (Å²) in [6, 6.07) is 34.9. The minimum atomic E-state index is -0.799. The van der Waals surface area contributed by atoms with Crippen LogP contribution in [-0.4, -0.2) is 29.8 Å². The first-order chi connectivity index (χ1) is 18.1. The molecular formula is C32H31FN2O2. The molecule has 0 saturated carbocycles. The summed E-state index contributed by atoms with van der Waals surface area (Å²) < 4.78 is 14.7. The summed E-state index contributed by atoms with van der Waals surface area (Å²) in [5.74, 6) is -1.12. The minimum Gasteiger partial charge on any atom is -0.357 e. The van der Waals surface area contributed by atoms with Crippen molar-refractivity contribution in [1.29, 1.82) is 0 Å². The van der Waals surface area contributed by atoms with E-state index in [9.17, 15) is 14.0 Å². The molecule has 0 heterocycles. The first-order valence-corrected chi connectivity index (χ1v) is 12.4. The monoisotopic (exact) mass is 494 g/mol. The van der Waals surface area contributed by atoms with Crippen molar-refractivity contribution < 1.29 is 14.0 Å². The summed E-state index contributed by atoms with van der Waals surface area (Å²) in [7, 11) is 1.56. The largest absolute Gasteiger partial charge is 0.357 e. The van der Waals surface area contributed by atoms with Gasteiger partial charge in [-0.25, -0.2) is 4.39 Å². The zero-order valence-corrected chi connectivity index (χ0v) is 20.9. The standard InChI is InChI=1S/C32H31FN2O2/c1-34-32(37)30(21-24-13-5-2-6-14-24)35(23-27-19-11-12-20-29(27)33)31(36)22-28(25-15-7-3-8-16-25)26-17-9-4-10-18-26/h2-20,28,30H,21-23H2,1H3,(H,34,37). The van der Waals surface area contributed by atoms with Crippen LogP contribution in [-0.2, 0) is 22.6 Å². The van der Waals surface area contributed by atoms with E-state index in [1.165, 1.54) is 11.0 Å². The van der Waals surface area contributed by atoms with Crippen LogP contribution in [0.4, 0.5) is 4.39 Å². The molecule has 0 fully saturated rings. The van der Waals surface area contributed by atoms with Gasteiger partial charge in [-0.15, -0.1) is 0 Å². The van der Waals surface area contributed by atoms with E-state index in [1.54, 1.807) is 25.2 Å². The second-order valence-electron chi connectivity index (χ2n) is 9.01. The molecule has 0 aliphatic carbocycles. The lowest BCUT2D eigenvalue weighted by Gasteiger charge is -2.32. The molecule has 0 aliphatic rings. The Morgan fingerprint density at radius 1 is 0.757 bits per heavy atom. The molecule has 1 atom stereocenters. The van der Waals surface area contributed by atoms with Crippen LogP contribution in [0.5, 0.6) is 0 Å². The summed E-state index contributed by atoms with van der Waals surface area (Å²) in [6.07, 6.45) is 0.465. The number of benzene rings is 4. The molecule has 0 spiro atoms. The van der Waals surface area contributed by atoms with Crippen molar-refractivity contribution in [1.82, 2.24) is 10.2 Å². The van der Waals surface area contributed by atoms with E-state index >= 15 is 0 Å². The Labute approximate surface area is 217 Å². The molecule has 5 heteroatoms. The van der Waals surface area contributed by atoms with Crippen LogP contribution in [0.3, 0.4) is 0 Å². The van der Waals surface area contributed by atoms with Gasteiger partial charge >= 0.3 is 0 Å². The maximum Gasteiger partial charge on any atom is 0.242 e. The highest BCUT2D eigenvalue weighted by Crippen LogP contribution is 2.30. The highest BCUT2D eigenvalue weighted by atomic mass is 19.1. The molecule has 4 rings (SSSR count). The molecule has 1 unspecified atom stereocenters. The average molecular weight is 495 g/mol. The second kappa shape index (κ2) is 12.6. The minimum absolute atomic E-state index is 0.00722. The maximum absolute atomic E-state index is 14.7. The van der Waals surface area contributed by atoms with Gasteiger partial charge in [-0.05, 0) is 22.8 Å². The predicted octanol–water partition coefficient (Wildman–Crippen LogP) is 5.73. The first-order valence-electron chi connectivity index (χ1n) is 12.4. The third kappa shape index (κ3) is 6.70. The molecule has 0 aliphatic heterocycles. The molecule has 37 heavy (non-hydrogen) atoms. The van der Waals surface area contributed by atoms with E-state index < -0.39 is 11.9 Å². The molecule has 0 aromatic heterocycles. The van der Waals surface area contributed by atoms with Crippen molar-refractivity contribution in [2.75, 3.05) is 7.05 Å². The molecule has 0 radical (unpaired) electrons. The highest BCUT2D eigenvalue weighted by molar-refractivity contribution is 5.88. The van der Waals surface area contributed by atoms with Gasteiger partial charge in [0.05, 0.1) is 0 Å². The summed E-state index contributed by atoms with van der Waals surface area (Å²) in [6.45, 7) is -0.00722. The quantitative estimate of drug-likeness (QED) is 0.306. The van der Waals surface area contributed by atoms with Gasteiger partial charge in [0.1, 0.15) is 11.9 Å². The van der Waals surface area contributed by atoms with Gasteiger partial charge in [-0.2, -0.15) is 0 Å². The van der Waals surface area contributed by atoms with Gasteiger partial charge in [0.15, 0.2) is 0 Å². The molecule has 0 saturated heterocycles. The summed E-state index contributed by atoms with van der Waals surface area (Å²) in [5.41, 5.74) is 3.30. The number of likely N-dealkylation sites (N-methyl/N-ethyl adjacent to an activating group) is 1. The summed E-state index contributed by atoms with van der Waals surface area (Å²) in [4.78, 5) is 28.8.